The maximum absolute atomic E-state index is 11.8. The highest BCUT2D eigenvalue weighted by Gasteiger charge is 2.32. The van der Waals surface area contributed by atoms with E-state index >= 15 is 0 Å². The molecule has 0 aromatic heterocycles. The Morgan fingerprint density at radius 1 is 1.05 bits per heavy atom. The molecule has 1 aliphatic heterocycles. The molecule has 0 N–H and O–H groups in total. The number of carbonyl (C=O) groups is 2. The molecule has 1 aromatic rings. The molecule has 1 aromatic carbocycles. The zero-order valence-electron chi connectivity index (χ0n) is 10.5. The van der Waals surface area contributed by atoms with Gasteiger partial charge in [-0.3, -0.25) is 13.8 Å². The van der Waals surface area contributed by atoms with Gasteiger partial charge in [-0.25, -0.2) is 4.90 Å². The Morgan fingerprint density at radius 2 is 1.63 bits per heavy atom. The number of carbonyl (C=O) groups excluding carboxylic acids is 2. The first-order valence-electron chi connectivity index (χ1n) is 5.49. The van der Waals surface area contributed by atoms with Crippen LogP contribution < -0.4 is 14.4 Å². The topological polar surface area (TPSA) is 72.9 Å². The van der Waals surface area contributed by atoms with Crippen molar-refractivity contribution >= 4 is 28.3 Å². The van der Waals surface area contributed by atoms with Gasteiger partial charge in [0.2, 0.25) is 11.8 Å². The van der Waals surface area contributed by atoms with Gasteiger partial charge in [-0.2, -0.15) is 0 Å². The second-order valence-corrected chi connectivity index (χ2v) is 5.35. The molecule has 1 aliphatic rings. The maximum atomic E-state index is 11.8. The number of ether oxygens (including phenoxy) is 2. The Hall–Kier alpha value is -1.89. The fourth-order valence-corrected chi connectivity index (χ4v) is 2.76. The molecule has 7 heteroatoms. The predicted octanol–water partition coefficient (Wildman–Crippen LogP) is 0.326. The van der Waals surface area contributed by atoms with Crippen molar-refractivity contribution in [2.45, 2.75) is 0 Å². The molecule has 0 saturated carbocycles. The molecule has 2 rings (SSSR count). The van der Waals surface area contributed by atoms with Gasteiger partial charge < -0.3 is 9.47 Å². The van der Waals surface area contributed by atoms with Crippen molar-refractivity contribution in [3.8, 4) is 11.5 Å². The quantitative estimate of drug-likeness (QED) is 0.747. The summed E-state index contributed by atoms with van der Waals surface area (Å²) in [6, 6.07) is 4.74. The maximum Gasteiger partial charge on any atom is 0.246 e. The van der Waals surface area contributed by atoms with Gasteiger partial charge in [0, 0.05) is 16.9 Å². The molecular weight excluding hydrogens is 270 g/mol. The lowest BCUT2D eigenvalue weighted by Crippen LogP contribution is -2.47. The van der Waals surface area contributed by atoms with Gasteiger partial charge in [-0.1, -0.05) is 0 Å². The SMILES string of the molecule is COc1ccc(N2C(=O)CS(=O)CC2=O)cc1OC. The third-order valence-corrected chi connectivity index (χ3v) is 3.83. The molecule has 1 fully saturated rings. The number of hydrogen-bond acceptors (Lipinski definition) is 5. The Balaban J connectivity index is 2.38. The lowest BCUT2D eigenvalue weighted by Gasteiger charge is -2.25. The van der Waals surface area contributed by atoms with Crippen LogP contribution in [0.5, 0.6) is 11.5 Å². The van der Waals surface area contributed by atoms with E-state index in [2.05, 4.69) is 0 Å². The fraction of sp³-hybridized carbons (Fsp3) is 0.333. The number of nitrogens with zero attached hydrogens (tertiary/aromatic N) is 1. The third kappa shape index (κ3) is 2.60. The highest BCUT2D eigenvalue weighted by Crippen LogP contribution is 2.32. The van der Waals surface area contributed by atoms with Crippen molar-refractivity contribution in [2.75, 3.05) is 30.6 Å². The van der Waals surface area contributed by atoms with E-state index in [4.69, 9.17) is 9.47 Å². The molecule has 0 unspecified atom stereocenters. The van der Waals surface area contributed by atoms with Crippen LogP contribution in [0.2, 0.25) is 0 Å². The third-order valence-electron chi connectivity index (χ3n) is 2.69. The molecule has 19 heavy (non-hydrogen) atoms. The summed E-state index contributed by atoms with van der Waals surface area (Å²) in [5, 5.41) is 0. The van der Waals surface area contributed by atoms with E-state index in [0.29, 0.717) is 17.2 Å². The van der Waals surface area contributed by atoms with Crippen LogP contribution in [0.25, 0.3) is 0 Å². The Labute approximate surface area is 112 Å². The molecule has 102 valence electrons. The summed E-state index contributed by atoms with van der Waals surface area (Å²) in [6.45, 7) is 0. The highest BCUT2D eigenvalue weighted by atomic mass is 32.2. The molecule has 0 atom stereocenters. The molecule has 0 radical (unpaired) electrons. The Kier molecular flexibility index (Phi) is 3.84. The van der Waals surface area contributed by atoms with Gasteiger partial charge in [0.05, 0.1) is 19.9 Å². The number of imide groups is 1. The highest BCUT2D eigenvalue weighted by molar-refractivity contribution is 7.86. The van der Waals surface area contributed by atoms with Crippen molar-refractivity contribution in [3.63, 3.8) is 0 Å². The van der Waals surface area contributed by atoms with E-state index < -0.39 is 22.6 Å². The van der Waals surface area contributed by atoms with Crippen LogP contribution in [-0.4, -0.2) is 41.7 Å². The summed E-state index contributed by atoms with van der Waals surface area (Å²) < 4.78 is 21.5. The van der Waals surface area contributed by atoms with E-state index in [1.54, 1.807) is 18.2 Å². The number of anilines is 1. The number of amides is 2. The number of rotatable bonds is 3. The summed E-state index contributed by atoms with van der Waals surface area (Å²) in [5.74, 6) is -0.289. The zero-order valence-corrected chi connectivity index (χ0v) is 11.4. The molecule has 0 bridgehead atoms. The van der Waals surface area contributed by atoms with E-state index in [9.17, 15) is 13.8 Å². The summed E-state index contributed by atoms with van der Waals surface area (Å²) in [7, 11) is 1.56. The van der Waals surface area contributed by atoms with Gasteiger partial charge in [0.1, 0.15) is 11.5 Å². The summed E-state index contributed by atoms with van der Waals surface area (Å²) in [6.07, 6.45) is 0. The summed E-state index contributed by atoms with van der Waals surface area (Å²) in [5.41, 5.74) is 0.393. The minimum atomic E-state index is -1.40. The summed E-state index contributed by atoms with van der Waals surface area (Å²) in [4.78, 5) is 24.7. The average molecular weight is 283 g/mol. The molecule has 2 amide bonds. The van der Waals surface area contributed by atoms with Gasteiger partial charge in [0.15, 0.2) is 11.5 Å². The Morgan fingerprint density at radius 3 is 2.16 bits per heavy atom. The molecule has 1 saturated heterocycles. The first kappa shape index (κ1) is 13.5. The minimum absolute atomic E-state index is 0.139. The predicted molar refractivity (Wildman–Crippen MR) is 69.9 cm³/mol. The summed E-state index contributed by atoms with van der Waals surface area (Å²) >= 11 is 0. The largest absolute Gasteiger partial charge is 0.493 e. The lowest BCUT2D eigenvalue weighted by molar-refractivity contribution is -0.124. The van der Waals surface area contributed by atoms with Crippen molar-refractivity contribution < 1.29 is 23.3 Å². The van der Waals surface area contributed by atoms with Gasteiger partial charge in [-0.05, 0) is 12.1 Å². The molecule has 6 nitrogen and oxygen atoms in total. The Bertz CT molecular complexity index is 537. The first-order chi connectivity index (χ1) is 9.06. The minimum Gasteiger partial charge on any atom is -0.493 e. The van der Waals surface area contributed by atoms with Gasteiger partial charge in [0.25, 0.3) is 0 Å². The van der Waals surface area contributed by atoms with Crippen LogP contribution in [0.4, 0.5) is 5.69 Å². The van der Waals surface area contributed by atoms with Crippen molar-refractivity contribution in [1.29, 1.82) is 0 Å². The number of methoxy groups -OCH3 is 2. The standard InChI is InChI=1S/C12H13NO5S/c1-17-9-4-3-8(5-10(9)18-2)13-11(14)6-19(16)7-12(13)15/h3-5H,6-7H2,1-2H3. The van der Waals surface area contributed by atoms with Crippen LogP contribution in [0.15, 0.2) is 18.2 Å². The normalized spacial score (nSPS) is 16.6. The van der Waals surface area contributed by atoms with Gasteiger partial charge >= 0.3 is 0 Å². The van der Waals surface area contributed by atoms with E-state index in [1.807, 2.05) is 0 Å². The van der Waals surface area contributed by atoms with E-state index in [-0.39, 0.29) is 11.5 Å². The molecule has 0 spiro atoms. The lowest BCUT2D eigenvalue weighted by atomic mass is 10.2. The van der Waals surface area contributed by atoms with Gasteiger partial charge in [-0.15, -0.1) is 0 Å². The average Bonchev–Trinajstić information content (AvgIpc) is 2.37. The molecular formula is C12H13NO5S. The van der Waals surface area contributed by atoms with Crippen molar-refractivity contribution in [3.05, 3.63) is 18.2 Å². The zero-order chi connectivity index (χ0) is 14.0. The number of hydrogen-bond donors (Lipinski definition) is 0. The van der Waals surface area contributed by atoms with Crippen LogP contribution in [0.3, 0.4) is 0 Å². The van der Waals surface area contributed by atoms with Crippen LogP contribution in [-0.2, 0) is 20.4 Å². The molecule has 0 aliphatic carbocycles. The van der Waals surface area contributed by atoms with Crippen molar-refractivity contribution in [1.82, 2.24) is 0 Å². The second kappa shape index (κ2) is 5.40. The van der Waals surface area contributed by atoms with Crippen molar-refractivity contribution in [2.24, 2.45) is 0 Å². The van der Waals surface area contributed by atoms with Crippen LogP contribution in [0, 0.1) is 0 Å². The van der Waals surface area contributed by atoms with E-state index in [1.165, 1.54) is 14.2 Å². The second-order valence-electron chi connectivity index (χ2n) is 3.89. The van der Waals surface area contributed by atoms with Crippen LogP contribution >= 0.6 is 0 Å². The smallest absolute Gasteiger partial charge is 0.246 e. The first-order valence-corrected chi connectivity index (χ1v) is 6.98. The van der Waals surface area contributed by atoms with Crippen LogP contribution in [0.1, 0.15) is 0 Å². The van der Waals surface area contributed by atoms with E-state index in [0.717, 1.165) is 4.90 Å². The monoisotopic (exact) mass is 283 g/mol. The molecule has 1 heterocycles. The fourth-order valence-electron chi connectivity index (χ4n) is 1.85. The number of benzene rings is 1.